The Bertz CT molecular complexity index is 652. The summed E-state index contributed by atoms with van der Waals surface area (Å²) in [5.74, 6) is -1.35. The van der Waals surface area contributed by atoms with Gasteiger partial charge in [-0.15, -0.1) is 0 Å². The summed E-state index contributed by atoms with van der Waals surface area (Å²) in [4.78, 5) is 11.8. The van der Waals surface area contributed by atoms with Gasteiger partial charge in [-0.2, -0.15) is 5.10 Å². The van der Waals surface area contributed by atoms with E-state index in [0.717, 1.165) is 29.9 Å². The van der Waals surface area contributed by atoms with Crippen molar-refractivity contribution in [3.63, 3.8) is 0 Å². The normalized spacial score (nSPS) is 10.6. The van der Waals surface area contributed by atoms with Crippen molar-refractivity contribution in [1.29, 1.82) is 0 Å². The van der Waals surface area contributed by atoms with E-state index in [9.17, 15) is 14.3 Å². The first-order valence-electron chi connectivity index (χ1n) is 6.75. The van der Waals surface area contributed by atoms with E-state index in [1.54, 1.807) is 0 Å². The second-order valence-electron chi connectivity index (χ2n) is 4.92. The van der Waals surface area contributed by atoms with Crippen LogP contribution in [0.1, 0.15) is 28.2 Å². The molecule has 1 amide bonds. The Morgan fingerprint density at radius 3 is 2.76 bits per heavy atom. The molecule has 0 bridgehead atoms. The molecule has 112 valence electrons. The van der Waals surface area contributed by atoms with E-state index in [0.29, 0.717) is 13.1 Å². The molecule has 0 radical (unpaired) electrons. The quantitative estimate of drug-likeness (QED) is 0.830. The molecular weight excluding hydrogens is 273 g/mol. The molecule has 5 nitrogen and oxygen atoms in total. The topological polar surface area (TPSA) is 67.2 Å². The highest BCUT2D eigenvalue weighted by Crippen LogP contribution is 2.17. The standard InChI is InChI=1S/C15H18FN3O2/c1-10-8-11(2)19(18-10)7-3-6-17-15(21)13-5-4-12(16)9-14(13)20/h4-5,8-9,20H,3,6-7H2,1-2H3,(H,17,21). The number of aryl methyl sites for hydroxylation is 3. The fourth-order valence-electron chi connectivity index (χ4n) is 2.12. The van der Waals surface area contributed by atoms with Crippen LogP contribution in [0.3, 0.4) is 0 Å². The zero-order valence-corrected chi connectivity index (χ0v) is 12.1. The number of nitrogens with zero attached hydrogens (tertiary/aromatic N) is 2. The minimum Gasteiger partial charge on any atom is -0.507 e. The van der Waals surface area contributed by atoms with Gasteiger partial charge in [0.2, 0.25) is 0 Å². The Morgan fingerprint density at radius 2 is 2.14 bits per heavy atom. The van der Waals surface area contributed by atoms with Gasteiger partial charge in [0, 0.05) is 24.8 Å². The zero-order chi connectivity index (χ0) is 15.4. The van der Waals surface area contributed by atoms with Crippen molar-refractivity contribution in [3.8, 4) is 5.75 Å². The molecule has 0 unspecified atom stereocenters. The van der Waals surface area contributed by atoms with Gasteiger partial charge in [-0.3, -0.25) is 9.48 Å². The zero-order valence-electron chi connectivity index (χ0n) is 12.1. The van der Waals surface area contributed by atoms with E-state index < -0.39 is 11.7 Å². The highest BCUT2D eigenvalue weighted by atomic mass is 19.1. The van der Waals surface area contributed by atoms with Crippen LogP contribution in [0.25, 0.3) is 0 Å². The molecule has 0 aliphatic heterocycles. The van der Waals surface area contributed by atoms with Crippen molar-refractivity contribution in [2.24, 2.45) is 0 Å². The summed E-state index contributed by atoms with van der Waals surface area (Å²) in [5, 5.41) is 16.5. The van der Waals surface area contributed by atoms with Crippen LogP contribution in [0.5, 0.6) is 5.75 Å². The fraction of sp³-hybridized carbons (Fsp3) is 0.333. The predicted molar refractivity (Wildman–Crippen MR) is 76.7 cm³/mol. The number of hydrogen-bond acceptors (Lipinski definition) is 3. The Morgan fingerprint density at radius 1 is 1.38 bits per heavy atom. The predicted octanol–water partition coefficient (Wildman–Crippen LogP) is 2.16. The number of amides is 1. The third-order valence-electron chi connectivity index (χ3n) is 3.14. The van der Waals surface area contributed by atoms with Crippen molar-refractivity contribution >= 4 is 5.91 Å². The van der Waals surface area contributed by atoms with Crippen LogP contribution in [0.15, 0.2) is 24.3 Å². The maximum Gasteiger partial charge on any atom is 0.255 e. The van der Waals surface area contributed by atoms with Gasteiger partial charge in [0.15, 0.2) is 0 Å². The molecule has 1 aromatic carbocycles. The lowest BCUT2D eigenvalue weighted by molar-refractivity contribution is 0.0950. The summed E-state index contributed by atoms with van der Waals surface area (Å²) in [7, 11) is 0. The van der Waals surface area contributed by atoms with E-state index in [1.165, 1.54) is 6.07 Å². The number of carbonyl (C=O) groups excluding carboxylic acids is 1. The van der Waals surface area contributed by atoms with Crippen LogP contribution in [0.2, 0.25) is 0 Å². The van der Waals surface area contributed by atoms with Crippen LogP contribution in [-0.2, 0) is 6.54 Å². The first-order chi connectivity index (χ1) is 9.97. The number of aromatic nitrogens is 2. The van der Waals surface area contributed by atoms with Crippen LogP contribution >= 0.6 is 0 Å². The van der Waals surface area contributed by atoms with Crippen molar-refractivity contribution in [3.05, 3.63) is 47.0 Å². The molecule has 0 saturated carbocycles. The lowest BCUT2D eigenvalue weighted by Crippen LogP contribution is -2.25. The van der Waals surface area contributed by atoms with Crippen LogP contribution < -0.4 is 5.32 Å². The van der Waals surface area contributed by atoms with Crippen molar-refractivity contribution < 1.29 is 14.3 Å². The first-order valence-corrected chi connectivity index (χ1v) is 6.75. The average Bonchev–Trinajstić information content (AvgIpc) is 2.73. The number of halogens is 1. The third-order valence-corrected chi connectivity index (χ3v) is 3.14. The number of hydrogen-bond donors (Lipinski definition) is 2. The summed E-state index contributed by atoms with van der Waals surface area (Å²) in [6, 6.07) is 5.32. The largest absolute Gasteiger partial charge is 0.507 e. The molecule has 1 aromatic heterocycles. The van der Waals surface area contributed by atoms with Gasteiger partial charge in [0.1, 0.15) is 11.6 Å². The van der Waals surface area contributed by atoms with Crippen LogP contribution in [0.4, 0.5) is 4.39 Å². The van der Waals surface area contributed by atoms with Gasteiger partial charge in [-0.1, -0.05) is 0 Å². The first kappa shape index (κ1) is 15.0. The van der Waals surface area contributed by atoms with Crippen LogP contribution in [0, 0.1) is 19.7 Å². The molecule has 21 heavy (non-hydrogen) atoms. The van der Waals surface area contributed by atoms with E-state index in [1.807, 2.05) is 24.6 Å². The highest BCUT2D eigenvalue weighted by molar-refractivity contribution is 5.96. The summed E-state index contributed by atoms with van der Waals surface area (Å²) >= 11 is 0. The number of benzene rings is 1. The number of nitrogens with one attached hydrogen (secondary N) is 1. The molecule has 2 rings (SSSR count). The monoisotopic (exact) mass is 291 g/mol. The maximum absolute atomic E-state index is 12.8. The van der Waals surface area contributed by atoms with Gasteiger partial charge >= 0.3 is 0 Å². The Labute approximate surface area is 122 Å². The molecule has 0 atom stereocenters. The molecular formula is C15H18FN3O2. The van der Waals surface area contributed by atoms with Crippen molar-refractivity contribution in [2.75, 3.05) is 6.54 Å². The van der Waals surface area contributed by atoms with Crippen molar-refractivity contribution in [1.82, 2.24) is 15.1 Å². The molecule has 2 N–H and O–H groups in total. The molecule has 1 heterocycles. The average molecular weight is 291 g/mol. The van der Waals surface area contributed by atoms with Gasteiger partial charge in [-0.05, 0) is 38.5 Å². The molecule has 0 fully saturated rings. The summed E-state index contributed by atoms with van der Waals surface area (Å²) in [5.41, 5.74) is 2.12. The van der Waals surface area contributed by atoms with Gasteiger partial charge < -0.3 is 10.4 Å². The van der Waals surface area contributed by atoms with E-state index >= 15 is 0 Å². The minimum atomic E-state index is -0.575. The molecule has 0 aliphatic carbocycles. The molecule has 0 spiro atoms. The van der Waals surface area contributed by atoms with Crippen molar-refractivity contribution in [2.45, 2.75) is 26.8 Å². The molecule has 6 heteroatoms. The number of phenolic OH excluding ortho intramolecular Hbond substituents is 1. The Kier molecular flexibility index (Phi) is 4.57. The van der Waals surface area contributed by atoms with Gasteiger partial charge in [0.05, 0.1) is 11.3 Å². The van der Waals surface area contributed by atoms with Gasteiger partial charge in [-0.25, -0.2) is 4.39 Å². The number of rotatable bonds is 5. The third kappa shape index (κ3) is 3.81. The summed E-state index contributed by atoms with van der Waals surface area (Å²) < 4.78 is 14.7. The second kappa shape index (κ2) is 6.39. The van der Waals surface area contributed by atoms with E-state index in [2.05, 4.69) is 10.4 Å². The molecule has 2 aromatic rings. The number of phenols is 1. The summed E-state index contributed by atoms with van der Waals surface area (Å²) in [6.45, 7) is 5.07. The molecule has 0 aliphatic rings. The lowest BCUT2D eigenvalue weighted by atomic mass is 10.2. The summed E-state index contributed by atoms with van der Waals surface area (Å²) in [6.07, 6.45) is 0.718. The Hall–Kier alpha value is -2.37. The second-order valence-corrected chi connectivity index (χ2v) is 4.92. The maximum atomic E-state index is 12.8. The number of aromatic hydroxyl groups is 1. The highest BCUT2D eigenvalue weighted by Gasteiger charge is 2.11. The van der Waals surface area contributed by atoms with Crippen LogP contribution in [-0.4, -0.2) is 27.3 Å². The minimum absolute atomic E-state index is 0.0718. The smallest absolute Gasteiger partial charge is 0.255 e. The molecule has 0 saturated heterocycles. The number of carbonyl (C=O) groups is 1. The van der Waals surface area contributed by atoms with E-state index in [-0.39, 0.29) is 11.3 Å². The SMILES string of the molecule is Cc1cc(C)n(CCCNC(=O)c2ccc(F)cc2O)n1. The Balaban J connectivity index is 1.83. The van der Waals surface area contributed by atoms with E-state index in [4.69, 9.17) is 0 Å². The van der Waals surface area contributed by atoms with Gasteiger partial charge in [0.25, 0.3) is 5.91 Å². The fourth-order valence-corrected chi connectivity index (χ4v) is 2.12. The lowest BCUT2D eigenvalue weighted by Gasteiger charge is -2.08.